The van der Waals surface area contributed by atoms with Crippen molar-refractivity contribution in [1.82, 2.24) is 24.9 Å². The number of amides is 1. The van der Waals surface area contributed by atoms with Crippen molar-refractivity contribution in [3.05, 3.63) is 36.0 Å². The molecule has 0 saturated heterocycles. The number of nitrogens with zero attached hydrogens (tertiary/aromatic N) is 5. The first kappa shape index (κ1) is 17.9. The van der Waals surface area contributed by atoms with Crippen LogP contribution in [0.1, 0.15) is 18.1 Å². The molecule has 1 aromatic carbocycles. The quantitative estimate of drug-likeness (QED) is 0.590. The highest BCUT2D eigenvalue weighted by Crippen LogP contribution is 2.24. The minimum Gasteiger partial charge on any atom is -0.497 e. The van der Waals surface area contributed by atoms with E-state index >= 15 is 0 Å². The van der Waals surface area contributed by atoms with Crippen LogP contribution in [0.25, 0.3) is 11.4 Å². The Morgan fingerprint density at radius 1 is 1.38 bits per heavy atom. The molecule has 2 heterocycles. The second kappa shape index (κ2) is 8.00. The van der Waals surface area contributed by atoms with Gasteiger partial charge in [0.1, 0.15) is 11.6 Å². The molecular weight excluding hydrogens is 356 g/mol. The molecule has 3 rings (SSSR count). The normalized spacial score (nSPS) is 10.8. The van der Waals surface area contributed by atoms with E-state index in [-0.39, 0.29) is 12.3 Å². The Morgan fingerprint density at radius 2 is 2.23 bits per heavy atom. The summed E-state index contributed by atoms with van der Waals surface area (Å²) in [6.45, 7) is 0. The molecule has 0 bridgehead atoms. The fraction of sp³-hybridized carbons (Fsp3) is 0.312. The first-order valence-electron chi connectivity index (χ1n) is 7.83. The van der Waals surface area contributed by atoms with Crippen LogP contribution in [0, 0.1) is 0 Å². The lowest BCUT2D eigenvalue weighted by Crippen LogP contribution is -2.12. The Kier molecular flexibility index (Phi) is 5.52. The number of benzene rings is 1. The number of hydrogen-bond acceptors (Lipinski definition) is 8. The van der Waals surface area contributed by atoms with E-state index in [4.69, 9.17) is 15.0 Å². The molecule has 0 saturated carbocycles. The van der Waals surface area contributed by atoms with E-state index in [1.165, 1.54) is 11.8 Å². The zero-order valence-electron chi connectivity index (χ0n) is 14.4. The number of hydrogen-bond donors (Lipinski definition) is 1. The molecule has 1 amide bonds. The fourth-order valence-electron chi connectivity index (χ4n) is 2.24. The van der Waals surface area contributed by atoms with Crippen molar-refractivity contribution < 1.29 is 14.1 Å². The molecule has 0 fully saturated rings. The molecule has 3 aromatic rings. The molecule has 0 aliphatic rings. The lowest BCUT2D eigenvalue weighted by molar-refractivity contribution is -0.118. The Balaban J connectivity index is 1.64. The Hall–Kier alpha value is -2.88. The number of nitrogens with two attached hydrogens (primary N) is 1. The van der Waals surface area contributed by atoms with Gasteiger partial charge in [-0.05, 0) is 12.1 Å². The van der Waals surface area contributed by atoms with Crippen LogP contribution in [-0.2, 0) is 24.0 Å². The van der Waals surface area contributed by atoms with Gasteiger partial charge in [0.05, 0.1) is 12.9 Å². The summed E-state index contributed by atoms with van der Waals surface area (Å²) in [4.78, 5) is 15.3. The van der Waals surface area contributed by atoms with Crippen LogP contribution < -0.4 is 10.5 Å². The predicted molar refractivity (Wildman–Crippen MR) is 94.4 cm³/mol. The summed E-state index contributed by atoms with van der Waals surface area (Å²) in [5.41, 5.74) is 5.98. The molecular formula is C16H18N6O3S. The fourth-order valence-corrected chi connectivity index (χ4v) is 3.01. The summed E-state index contributed by atoms with van der Waals surface area (Å²) < 4.78 is 12.3. The molecule has 0 unspecified atom stereocenters. The van der Waals surface area contributed by atoms with E-state index in [2.05, 4.69) is 20.3 Å². The predicted octanol–water partition coefficient (Wildman–Crippen LogP) is 1.58. The standard InChI is InChI=1S/C16H18N6O3S/c1-22-13(7-6-12(17)23)19-20-16(22)26-9-14-18-15(21-25-14)10-4-3-5-11(8-10)24-2/h3-5,8H,6-7,9H2,1-2H3,(H2,17,23). The highest BCUT2D eigenvalue weighted by atomic mass is 32.2. The molecule has 0 spiro atoms. The largest absolute Gasteiger partial charge is 0.497 e. The first-order chi connectivity index (χ1) is 12.6. The number of aromatic nitrogens is 5. The number of ether oxygens (including phenoxy) is 1. The van der Waals surface area contributed by atoms with Gasteiger partial charge in [-0.1, -0.05) is 29.1 Å². The summed E-state index contributed by atoms with van der Waals surface area (Å²) in [7, 11) is 3.45. The van der Waals surface area contributed by atoms with Crippen molar-refractivity contribution in [1.29, 1.82) is 0 Å². The molecule has 9 nitrogen and oxygen atoms in total. The smallest absolute Gasteiger partial charge is 0.237 e. The van der Waals surface area contributed by atoms with Gasteiger partial charge < -0.3 is 19.6 Å². The summed E-state index contributed by atoms with van der Waals surface area (Å²) in [5.74, 6) is 2.51. The average molecular weight is 374 g/mol. The summed E-state index contributed by atoms with van der Waals surface area (Å²) in [6, 6.07) is 7.45. The third-order valence-corrected chi connectivity index (χ3v) is 4.65. The number of aryl methyl sites for hydroxylation is 1. The molecule has 0 radical (unpaired) electrons. The first-order valence-corrected chi connectivity index (χ1v) is 8.81. The zero-order valence-corrected chi connectivity index (χ0v) is 15.2. The Labute approximate surface area is 153 Å². The van der Waals surface area contributed by atoms with Gasteiger partial charge in [0, 0.05) is 25.5 Å². The van der Waals surface area contributed by atoms with Gasteiger partial charge in [-0.25, -0.2) is 0 Å². The second-order valence-corrected chi connectivity index (χ2v) is 6.40. The number of primary amides is 1. The van der Waals surface area contributed by atoms with Gasteiger partial charge in [-0.15, -0.1) is 10.2 Å². The van der Waals surface area contributed by atoms with Crippen LogP contribution in [0.2, 0.25) is 0 Å². The molecule has 26 heavy (non-hydrogen) atoms. The topological polar surface area (TPSA) is 122 Å². The van der Waals surface area contributed by atoms with Crippen molar-refractivity contribution in [2.24, 2.45) is 12.8 Å². The molecule has 0 aliphatic carbocycles. The van der Waals surface area contributed by atoms with Crippen LogP contribution in [0.4, 0.5) is 0 Å². The van der Waals surface area contributed by atoms with E-state index in [1.807, 2.05) is 35.9 Å². The molecule has 2 aromatic heterocycles. The molecule has 0 aliphatic heterocycles. The number of rotatable bonds is 8. The molecule has 0 atom stereocenters. The van der Waals surface area contributed by atoms with Gasteiger partial charge in [0.25, 0.3) is 0 Å². The van der Waals surface area contributed by atoms with Crippen LogP contribution in [-0.4, -0.2) is 37.9 Å². The number of carbonyl (C=O) groups is 1. The van der Waals surface area contributed by atoms with Gasteiger partial charge in [-0.3, -0.25) is 4.79 Å². The zero-order chi connectivity index (χ0) is 18.5. The van der Waals surface area contributed by atoms with E-state index in [0.717, 1.165) is 11.3 Å². The van der Waals surface area contributed by atoms with Crippen molar-refractivity contribution >= 4 is 17.7 Å². The van der Waals surface area contributed by atoms with E-state index < -0.39 is 0 Å². The number of thioether (sulfide) groups is 1. The lowest BCUT2D eigenvalue weighted by atomic mass is 10.2. The van der Waals surface area contributed by atoms with Gasteiger partial charge in [-0.2, -0.15) is 4.98 Å². The van der Waals surface area contributed by atoms with E-state index in [1.54, 1.807) is 7.11 Å². The molecule has 10 heteroatoms. The Morgan fingerprint density at radius 3 is 3.00 bits per heavy atom. The third kappa shape index (κ3) is 4.20. The van der Waals surface area contributed by atoms with Crippen LogP contribution in [0.3, 0.4) is 0 Å². The van der Waals surface area contributed by atoms with Crippen molar-refractivity contribution in [2.45, 2.75) is 23.8 Å². The second-order valence-electron chi connectivity index (χ2n) is 5.46. The number of methoxy groups -OCH3 is 1. The highest BCUT2D eigenvalue weighted by Gasteiger charge is 2.14. The number of carbonyl (C=O) groups excluding carboxylic acids is 1. The maximum Gasteiger partial charge on any atom is 0.237 e. The average Bonchev–Trinajstić information content (AvgIpc) is 3.25. The highest BCUT2D eigenvalue weighted by molar-refractivity contribution is 7.98. The van der Waals surface area contributed by atoms with Crippen molar-refractivity contribution in [2.75, 3.05) is 7.11 Å². The van der Waals surface area contributed by atoms with Crippen LogP contribution in [0.5, 0.6) is 5.75 Å². The Bertz CT molecular complexity index is 907. The van der Waals surface area contributed by atoms with Gasteiger partial charge in [0.15, 0.2) is 5.16 Å². The van der Waals surface area contributed by atoms with Gasteiger partial charge >= 0.3 is 0 Å². The lowest BCUT2D eigenvalue weighted by Gasteiger charge is -2.01. The van der Waals surface area contributed by atoms with Gasteiger partial charge in [0.2, 0.25) is 17.6 Å². The minimum atomic E-state index is -0.363. The van der Waals surface area contributed by atoms with Crippen LogP contribution in [0.15, 0.2) is 33.9 Å². The summed E-state index contributed by atoms with van der Waals surface area (Å²) in [5, 5.41) is 12.9. The maximum absolute atomic E-state index is 10.9. The maximum atomic E-state index is 10.9. The van der Waals surface area contributed by atoms with Crippen molar-refractivity contribution in [3.8, 4) is 17.1 Å². The summed E-state index contributed by atoms with van der Waals surface area (Å²) in [6.07, 6.45) is 0.699. The third-order valence-electron chi connectivity index (χ3n) is 3.64. The van der Waals surface area contributed by atoms with E-state index in [9.17, 15) is 4.79 Å². The monoisotopic (exact) mass is 374 g/mol. The van der Waals surface area contributed by atoms with Crippen molar-refractivity contribution in [3.63, 3.8) is 0 Å². The summed E-state index contributed by atoms with van der Waals surface area (Å²) >= 11 is 1.42. The minimum absolute atomic E-state index is 0.240. The molecule has 2 N–H and O–H groups in total. The SMILES string of the molecule is COc1cccc(-c2noc(CSc3nnc(CCC(N)=O)n3C)n2)c1. The van der Waals surface area contributed by atoms with Crippen LogP contribution >= 0.6 is 11.8 Å². The molecule has 136 valence electrons. The van der Waals surface area contributed by atoms with E-state index in [0.29, 0.717) is 34.9 Å².